The lowest BCUT2D eigenvalue weighted by molar-refractivity contribution is -0.140. The maximum atomic E-state index is 5.66. The van der Waals surface area contributed by atoms with Crippen molar-refractivity contribution in [3.8, 4) is 0 Å². The van der Waals surface area contributed by atoms with Crippen molar-refractivity contribution in [2.45, 2.75) is 12.7 Å². The van der Waals surface area contributed by atoms with E-state index in [-0.39, 0.29) is 0 Å². The molecule has 74 valence electrons. The molecule has 0 fully saturated rings. The minimum atomic E-state index is -0.813. The van der Waals surface area contributed by atoms with E-state index >= 15 is 0 Å². The molecule has 0 radical (unpaired) electrons. The normalized spacial score (nSPS) is 17.6. The number of ether oxygens (including phenoxy) is 2. The lowest BCUT2D eigenvalue weighted by Gasteiger charge is -2.26. The Hall–Kier alpha value is -1.48. The summed E-state index contributed by atoms with van der Waals surface area (Å²) in [7, 11) is 0. The Kier molecular flexibility index (Phi) is 2.17. The first kappa shape index (κ1) is 9.09. The summed E-state index contributed by atoms with van der Waals surface area (Å²) < 4.78 is 10.8. The molecule has 1 aromatic carbocycles. The lowest BCUT2D eigenvalue weighted by Crippen LogP contribution is -2.35. The molecule has 3 heteroatoms. The van der Waals surface area contributed by atoms with E-state index in [1.54, 1.807) is 0 Å². The van der Waals surface area contributed by atoms with Gasteiger partial charge in [0.15, 0.2) is 0 Å². The van der Waals surface area contributed by atoms with Gasteiger partial charge in [0.2, 0.25) is 0 Å². The molecule has 3 nitrogen and oxygen atoms in total. The van der Waals surface area contributed by atoms with Crippen molar-refractivity contribution in [2.24, 2.45) is 5.73 Å². The third-order valence-corrected chi connectivity index (χ3v) is 2.30. The molecular formula is C11H13NO2. The zero-order chi connectivity index (χ0) is 10.0. The SMILES string of the molecule is Cc1cccc(C2(CN)OC=CO2)c1. The summed E-state index contributed by atoms with van der Waals surface area (Å²) in [5, 5.41) is 0. The van der Waals surface area contributed by atoms with Gasteiger partial charge >= 0.3 is 0 Å². The van der Waals surface area contributed by atoms with Crippen molar-refractivity contribution in [1.29, 1.82) is 0 Å². The van der Waals surface area contributed by atoms with Gasteiger partial charge in [-0.1, -0.05) is 23.8 Å². The number of hydrogen-bond donors (Lipinski definition) is 1. The van der Waals surface area contributed by atoms with Gasteiger partial charge in [-0.25, -0.2) is 0 Å². The molecule has 0 aromatic heterocycles. The Morgan fingerprint density at radius 3 is 2.57 bits per heavy atom. The molecule has 0 unspecified atom stereocenters. The van der Waals surface area contributed by atoms with Crippen molar-refractivity contribution >= 4 is 0 Å². The van der Waals surface area contributed by atoms with Gasteiger partial charge in [-0.3, -0.25) is 0 Å². The largest absolute Gasteiger partial charge is 0.452 e. The predicted molar refractivity (Wildman–Crippen MR) is 53.2 cm³/mol. The Bertz CT molecular complexity index is 352. The van der Waals surface area contributed by atoms with Gasteiger partial charge in [-0.15, -0.1) is 0 Å². The Balaban J connectivity index is 2.37. The molecule has 0 saturated heterocycles. The Labute approximate surface area is 83.1 Å². The molecule has 2 rings (SSSR count). The van der Waals surface area contributed by atoms with Gasteiger partial charge in [0.05, 0.1) is 6.54 Å². The number of benzene rings is 1. The number of rotatable bonds is 2. The van der Waals surface area contributed by atoms with E-state index in [0.29, 0.717) is 6.54 Å². The van der Waals surface area contributed by atoms with Crippen molar-refractivity contribution in [3.63, 3.8) is 0 Å². The first-order valence-corrected chi connectivity index (χ1v) is 4.55. The zero-order valence-corrected chi connectivity index (χ0v) is 8.07. The minimum absolute atomic E-state index is 0.295. The summed E-state index contributed by atoms with van der Waals surface area (Å²) in [6, 6.07) is 7.95. The van der Waals surface area contributed by atoms with E-state index in [4.69, 9.17) is 15.2 Å². The van der Waals surface area contributed by atoms with Gasteiger partial charge in [-0.05, 0) is 13.0 Å². The van der Waals surface area contributed by atoms with E-state index in [1.807, 2.05) is 31.2 Å². The van der Waals surface area contributed by atoms with Crippen LogP contribution in [0.2, 0.25) is 0 Å². The second-order valence-corrected chi connectivity index (χ2v) is 3.33. The molecule has 0 aliphatic carbocycles. The number of hydrogen-bond acceptors (Lipinski definition) is 3. The molecule has 1 aliphatic heterocycles. The quantitative estimate of drug-likeness (QED) is 0.772. The van der Waals surface area contributed by atoms with Gasteiger partial charge in [0, 0.05) is 5.56 Å². The van der Waals surface area contributed by atoms with Crippen molar-refractivity contribution in [1.82, 2.24) is 0 Å². The maximum Gasteiger partial charge on any atom is 0.289 e. The molecule has 0 spiro atoms. The highest BCUT2D eigenvalue weighted by Crippen LogP contribution is 2.31. The summed E-state index contributed by atoms with van der Waals surface area (Å²) >= 11 is 0. The van der Waals surface area contributed by atoms with Crippen LogP contribution in [0.25, 0.3) is 0 Å². The van der Waals surface area contributed by atoms with Crippen LogP contribution in [-0.2, 0) is 15.3 Å². The number of aryl methyl sites for hydroxylation is 1. The summed E-state index contributed by atoms with van der Waals surface area (Å²) in [5.74, 6) is -0.813. The average molecular weight is 191 g/mol. The molecule has 2 N–H and O–H groups in total. The van der Waals surface area contributed by atoms with E-state index in [0.717, 1.165) is 11.1 Å². The van der Waals surface area contributed by atoms with Crippen LogP contribution in [-0.4, -0.2) is 6.54 Å². The van der Waals surface area contributed by atoms with E-state index in [9.17, 15) is 0 Å². The smallest absolute Gasteiger partial charge is 0.289 e. The monoisotopic (exact) mass is 191 g/mol. The van der Waals surface area contributed by atoms with Gasteiger partial charge in [-0.2, -0.15) is 0 Å². The Morgan fingerprint density at radius 2 is 2.00 bits per heavy atom. The molecule has 1 aromatic rings. The third kappa shape index (κ3) is 1.36. The second-order valence-electron chi connectivity index (χ2n) is 3.33. The average Bonchev–Trinajstić information content (AvgIpc) is 2.67. The molecule has 1 aliphatic rings. The predicted octanol–water partition coefficient (Wildman–Crippen LogP) is 1.62. The summed E-state index contributed by atoms with van der Waals surface area (Å²) in [6.07, 6.45) is 3.05. The van der Waals surface area contributed by atoms with E-state index in [1.165, 1.54) is 12.5 Å². The molecule has 0 bridgehead atoms. The lowest BCUT2D eigenvalue weighted by atomic mass is 10.0. The van der Waals surface area contributed by atoms with Gasteiger partial charge < -0.3 is 15.2 Å². The van der Waals surface area contributed by atoms with Crippen LogP contribution in [0.5, 0.6) is 0 Å². The van der Waals surface area contributed by atoms with Gasteiger partial charge in [0.25, 0.3) is 5.79 Å². The van der Waals surface area contributed by atoms with Crippen LogP contribution < -0.4 is 5.73 Å². The maximum absolute atomic E-state index is 5.66. The van der Waals surface area contributed by atoms with Crippen LogP contribution >= 0.6 is 0 Å². The summed E-state index contributed by atoms with van der Waals surface area (Å²) in [4.78, 5) is 0. The fraction of sp³-hybridized carbons (Fsp3) is 0.273. The van der Waals surface area contributed by atoms with Gasteiger partial charge in [0.1, 0.15) is 12.5 Å². The van der Waals surface area contributed by atoms with Crippen LogP contribution in [0.15, 0.2) is 36.8 Å². The standard InChI is InChI=1S/C11H13NO2/c1-9-3-2-4-10(7-9)11(8-12)13-5-6-14-11/h2-7H,8,12H2,1H3. The first-order valence-electron chi connectivity index (χ1n) is 4.55. The third-order valence-electron chi connectivity index (χ3n) is 2.30. The van der Waals surface area contributed by atoms with Crippen LogP contribution in [0.3, 0.4) is 0 Å². The van der Waals surface area contributed by atoms with Crippen LogP contribution in [0.1, 0.15) is 11.1 Å². The molecule has 1 heterocycles. The van der Waals surface area contributed by atoms with Crippen molar-refractivity contribution in [2.75, 3.05) is 6.54 Å². The highest BCUT2D eigenvalue weighted by Gasteiger charge is 2.36. The highest BCUT2D eigenvalue weighted by atomic mass is 16.7. The topological polar surface area (TPSA) is 44.5 Å². The highest BCUT2D eigenvalue weighted by molar-refractivity contribution is 5.27. The molecular weight excluding hydrogens is 178 g/mol. The fourth-order valence-corrected chi connectivity index (χ4v) is 1.54. The molecule has 0 atom stereocenters. The number of nitrogens with two attached hydrogens (primary N) is 1. The molecule has 14 heavy (non-hydrogen) atoms. The summed E-state index contributed by atoms with van der Waals surface area (Å²) in [5.41, 5.74) is 7.77. The summed E-state index contributed by atoms with van der Waals surface area (Å²) in [6.45, 7) is 2.32. The first-order chi connectivity index (χ1) is 6.77. The Morgan fingerprint density at radius 1 is 1.29 bits per heavy atom. The van der Waals surface area contributed by atoms with Crippen molar-refractivity contribution < 1.29 is 9.47 Å². The van der Waals surface area contributed by atoms with E-state index in [2.05, 4.69) is 0 Å². The zero-order valence-electron chi connectivity index (χ0n) is 8.07. The van der Waals surface area contributed by atoms with Crippen LogP contribution in [0.4, 0.5) is 0 Å². The van der Waals surface area contributed by atoms with Crippen LogP contribution in [0, 0.1) is 6.92 Å². The molecule has 0 saturated carbocycles. The minimum Gasteiger partial charge on any atom is -0.452 e. The van der Waals surface area contributed by atoms with Crippen molar-refractivity contribution in [3.05, 3.63) is 47.9 Å². The second kappa shape index (κ2) is 3.35. The fourth-order valence-electron chi connectivity index (χ4n) is 1.54. The van der Waals surface area contributed by atoms with E-state index < -0.39 is 5.79 Å². The molecule has 0 amide bonds.